The molecule has 0 aliphatic rings. The third kappa shape index (κ3) is 5.01. The van der Waals surface area contributed by atoms with Gasteiger partial charge in [-0.2, -0.15) is 5.26 Å². The van der Waals surface area contributed by atoms with Crippen molar-refractivity contribution in [3.63, 3.8) is 0 Å². The van der Waals surface area contributed by atoms with Gasteiger partial charge in [0.25, 0.3) is 0 Å². The summed E-state index contributed by atoms with van der Waals surface area (Å²) < 4.78 is 23.6. The number of nitrogens with zero attached hydrogens (tertiary/aromatic N) is 1. The SMILES string of the molecule is Cc1cc(C)cc(CS(=O)(=O)CCCC#N)c1. The van der Waals surface area contributed by atoms with Gasteiger partial charge in [-0.1, -0.05) is 29.3 Å². The fourth-order valence-electron chi connectivity index (χ4n) is 1.85. The highest BCUT2D eigenvalue weighted by Gasteiger charge is 2.12. The van der Waals surface area contributed by atoms with Gasteiger partial charge in [0, 0.05) is 6.42 Å². The number of rotatable bonds is 5. The number of aryl methyl sites for hydroxylation is 2. The molecule has 0 saturated heterocycles. The van der Waals surface area contributed by atoms with E-state index in [0.29, 0.717) is 12.8 Å². The Balaban J connectivity index is 2.73. The molecule has 1 rings (SSSR count). The molecule has 0 bridgehead atoms. The monoisotopic (exact) mass is 251 g/mol. The first-order chi connectivity index (χ1) is 7.93. The summed E-state index contributed by atoms with van der Waals surface area (Å²) in [5.41, 5.74) is 2.99. The van der Waals surface area contributed by atoms with Crippen molar-refractivity contribution in [3.8, 4) is 6.07 Å². The molecule has 0 spiro atoms. The molecule has 1 aromatic carbocycles. The molecule has 4 heteroatoms. The van der Waals surface area contributed by atoms with Crippen LogP contribution in [-0.2, 0) is 15.6 Å². The van der Waals surface area contributed by atoms with E-state index in [1.54, 1.807) is 0 Å². The molecule has 0 heterocycles. The van der Waals surface area contributed by atoms with Crippen LogP contribution in [-0.4, -0.2) is 14.2 Å². The van der Waals surface area contributed by atoms with Gasteiger partial charge in [0.2, 0.25) is 0 Å². The van der Waals surface area contributed by atoms with Crippen molar-refractivity contribution in [2.75, 3.05) is 5.75 Å². The van der Waals surface area contributed by atoms with Crippen molar-refractivity contribution in [2.24, 2.45) is 0 Å². The predicted molar refractivity (Wildman–Crippen MR) is 68.3 cm³/mol. The maximum absolute atomic E-state index is 11.8. The van der Waals surface area contributed by atoms with Gasteiger partial charge in [-0.15, -0.1) is 0 Å². The first-order valence-corrected chi connectivity index (χ1v) is 7.39. The zero-order valence-electron chi connectivity index (χ0n) is 10.2. The van der Waals surface area contributed by atoms with Crippen LogP contribution in [0.3, 0.4) is 0 Å². The zero-order valence-corrected chi connectivity index (χ0v) is 11.0. The number of benzene rings is 1. The molecule has 0 fully saturated rings. The summed E-state index contributed by atoms with van der Waals surface area (Å²) in [7, 11) is -3.09. The first kappa shape index (κ1) is 13.7. The van der Waals surface area contributed by atoms with Gasteiger partial charge in [0.05, 0.1) is 17.6 Å². The Labute approximate surface area is 103 Å². The van der Waals surface area contributed by atoms with Crippen molar-refractivity contribution in [2.45, 2.75) is 32.4 Å². The number of sulfone groups is 1. The fourth-order valence-corrected chi connectivity index (χ4v) is 3.25. The Kier molecular flexibility index (Phi) is 4.71. The highest BCUT2D eigenvalue weighted by molar-refractivity contribution is 7.90. The predicted octanol–water partition coefficient (Wildman–Crippen LogP) is 2.52. The maximum Gasteiger partial charge on any atom is 0.154 e. The van der Waals surface area contributed by atoms with Crippen LogP contribution in [0.2, 0.25) is 0 Å². The number of hydrogen-bond donors (Lipinski definition) is 0. The summed E-state index contributed by atoms with van der Waals surface area (Å²) in [6.07, 6.45) is 0.718. The van der Waals surface area contributed by atoms with E-state index in [1.165, 1.54) is 0 Å². The Morgan fingerprint density at radius 1 is 1.18 bits per heavy atom. The average molecular weight is 251 g/mol. The molecule has 0 aliphatic carbocycles. The van der Waals surface area contributed by atoms with Crippen molar-refractivity contribution in [3.05, 3.63) is 34.9 Å². The quantitative estimate of drug-likeness (QED) is 0.755. The van der Waals surface area contributed by atoms with Crippen molar-refractivity contribution < 1.29 is 8.42 Å². The number of hydrogen-bond acceptors (Lipinski definition) is 3. The van der Waals surface area contributed by atoms with Crippen molar-refractivity contribution in [1.29, 1.82) is 5.26 Å². The Morgan fingerprint density at radius 2 is 1.76 bits per heavy atom. The lowest BCUT2D eigenvalue weighted by Crippen LogP contribution is -2.09. The minimum Gasteiger partial charge on any atom is -0.228 e. The lowest BCUT2D eigenvalue weighted by molar-refractivity contribution is 0.593. The third-order valence-corrected chi connectivity index (χ3v) is 4.10. The number of unbranched alkanes of at least 4 members (excludes halogenated alkanes) is 1. The maximum atomic E-state index is 11.8. The van der Waals surface area contributed by atoms with Crippen LogP contribution in [0.4, 0.5) is 0 Å². The summed E-state index contributed by atoms with van der Waals surface area (Å²) in [5, 5.41) is 8.38. The van der Waals surface area contributed by atoms with Crippen LogP contribution in [0.1, 0.15) is 29.5 Å². The van der Waals surface area contributed by atoms with Crippen LogP contribution < -0.4 is 0 Å². The van der Waals surface area contributed by atoms with Crippen LogP contribution >= 0.6 is 0 Å². The molecular formula is C13H17NO2S. The molecule has 0 unspecified atom stereocenters. The van der Waals surface area contributed by atoms with Gasteiger partial charge in [0.1, 0.15) is 0 Å². The molecule has 0 amide bonds. The molecule has 3 nitrogen and oxygen atoms in total. The molecule has 0 aromatic heterocycles. The van der Waals surface area contributed by atoms with Crippen molar-refractivity contribution in [1.82, 2.24) is 0 Å². The lowest BCUT2D eigenvalue weighted by Gasteiger charge is -2.06. The smallest absolute Gasteiger partial charge is 0.154 e. The summed E-state index contributed by atoms with van der Waals surface area (Å²) in [4.78, 5) is 0. The van der Waals surface area contributed by atoms with E-state index in [1.807, 2.05) is 38.1 Å². The van der Waals surface area contributed by atoms with E-state index < -0.39 is 9.84 Å². The molecule has 0 saturated carbocycles. The minimum atomic E-state index is -3.09. The standard InChI is InChI=1S/C13H17NO2S/c1-11-7-12(2)9-13(8-11)10-17(15,16)6-4-3-5-14/h7-9H,3-4,6,10H2,1-2H3. The van der Waals surface area contributed by atoms with Crippen LogP contribution in [0.25, 0.3) is 0 Å². The molecule has 17 heavy (non-hydrogen) atoms. The van der Waals surface area contributed by atoms with E-state index in [0.717, 1.165) is 16.7 Å². The Hall–Kier alpha value is -1.34. The van der Waals surface area contributed by atoms with Crippen LogP contribution in [0, 0.1) is 25.2 Å². The van der Waals surface area contributed by atoms with Crippen LogP contribution in [0.15, 0.2) is 18.2 Å². The number of nitriles is 1. The molecule has 0 atom stereocenters. The molecular weight excluding hydrogens is 234 g/mol. The lowest BCUT2D eigenvalue weighted by atomic mass is 10.1. The molecule has 0 aliphatic heterocycles. The second-order valence-electron chi connectivity index (χ2n) is 4.35. The van der Waals surface area contributed by atoms with Gasteiger partial charge in [-0.3, -0.25) is 0 Å². The van der Waals surface area contributed by atoms with Gasteiger partial charge < -0.3 is 0 Å². The van der Waals surface area contributed by atoms with E-state index in [2.05, 4.69) is 0 Å². The second kappa shape index (κ2) is 5.83. The van der Waals surface area contributed by atoms with Gasteiger partial charge in [-0.25, -0.2) is 8.42 Å². The van der Waals surface area contributed by atoms with E-state index in [9.17, 15) is 8.42 Å². The van der Waals surface area contributed by atoms with Gasteiger partial charge in [0.15, 0.2) is 9.84 Å². The second-order valence-corrected chi connectivity index (χ2v) is 6.53. The Bertz CT molecular complexity index is 507. The van der Waals surface area contributed by atoms with Gasteiger partial charge >= 0.3 is 0 Å². The third-order valence-electron chi connectivity index (χ3n) is 2.41. The normalized spacial score (nSPS) is 11.1. The first-order valence-electron chi connectivity index (χ1n) is 5.57. The largest absolute Gasteiger partial charge is 0.228 e. The van der Waals surface area contributed by atoms with E-state index in [4.69, 9.17) is 5.26 Å². The zero-order chi connectivity index (χ0) is 12.9. The van der Waals surface area contributed by atoms with E-state index >= 15 is 0 Å². The molecule has 0 radical (unpaired) electrons. The average Bonchev–Trinajstić information content (AvgIpc) is 2.14. The highest BCUT2D eigenvalue weighted by atomic mass is 32.2. The molecule has 1 aromatic rings. The highest BCUT2D eigenvalue weighted by Crippen LogP contribution is 2.13. The summed E-state index contributed by atoms with van der Waals surface area (Å²) in [6.45, 7) is 3.91. The summed E-state index contributed by atoms with van der Waals surface area (Å²) >= 11 is 0. The van der Waals surface area contributed by atoms with Crippen molar-refractivity contribution >= 4 is 9.84 Å². The van der Waals surface area contributed by atoms with Gasteiger partial charge in [-0.05, 0) is 25.8 Å². The fraction of sp³-hybridized carbons (Fsp3) is 0.462. The Morgan fingerprint density at radius 3 is 2.29 bits per heavy atom. The topological polar surface area (TPSA) is 57.9 Å². The molecule has 0 N–H and O–H groups in total. The summed E-state index contributed by atoms with van der Waals surface area (Å²) in [5.74, 6) is 0.161. The van der Waals surface area contributed by atoms with E-state index in [-0.39, 0.29) is 11.5 Å². The molecule has 92 valence electrons. The summed E-state index contributed by atoms with van der Waals surface area (Å²) in [6, 6.07) is 7.77. The minimum absolute atomic E-state index is 0.0704. The van der Waals surface area contributed by atoms with Crippen LogP contribution in [0.5, 0.6) is 0 Å².